The minimum Gasteiger partial charge on any atom is -0.311 e. The molecule has 15 heavy (non-hydrogen) atoms. The Labute approximate surface area is 97.2 Å². The first kappa shape index (κ1) is 10.7. The number of aryl methyl sites for hydroxylation is 1. The second kappa shape index (κ2) is 5.34. The van der Waals surface area contributed by atoms with Gasteiger partial charge in [0, 0.05) is 36.0 Å². The molecule has 0 saturated heterocycles. The summed E-state index contributed by atoms with van der Waals surface area (Å²) < 4.78 is 0. The standard InChI is InChI=1S/C10H13N3S2/c1-8-13-9(6-14-8)2-3-11-4-10-5-12-7-15-10/h5-7,11H,2-4H2,1H3. The number of hydrogen-bond donors (Lipinski definition) is 1. The van der Waals surface area contributed by atoms with Gasteiger partial charge in [-0.25, -0.2) is 4.98 Å². The van der Waals surface area contributed by atoms with Crippen molar-refractivity contribution < 1.29 is 0 Å². The summed E-state index contributed by atoms with van der Waals surface area (Å²) in [6.07, 6.45) is 2.91. The van der Waals surface area contributed by atoms with E-state index in [1.165, 1.54) is 10.6 Å². The van der Waals surface area contributed by atoms with Crippen LogP contribution in [0.2, 0.25) is 0 Å². The molecule has 80 valence electrons. The van der Waals surface area contributed by atoms with Crippen LogP contribution < -0.4 is 5.32 Å². The van der Waals surface area contributed by atoms with Crippen molar-refractivity contribution in [1.82, 2.24) is 15.3 Å². The molecule has 0 atom stereocenters. The summed E-state index contributed by atoms with van der Waals surface area (Å²) >= 11 is 3.40. The van der Waals surface area contributed by atoms with Crippen LogP contribution in [-0.2, 0) is 13.0 Å². The molecule has 5 heteroatoms. The molecule has 0 saturated carbocycles. The molecule has 0 aromatic carbocycles. The highest BCUT2D eigenvalue weighted by Crippen LogP contribution is 2.08. The third-order valence-corrected chi connectivity index (χ3v) is 3.61. The first-order valence-electron chi connectivity index (χ1n) is 4.83. The normalized spacial score (nSPS) is 10.7. The van der Waals surface area contributed by atoms with Crippen LogP contribution in [0.3, 0.4) is 0 Å². The Balaban J connectivity index is 1.67. The highest BCUT2D eigenvalue weighted by atomic mass is 32.1. The Morgan fingerprint density at radius 1 is 1.40 bits per heavy atom. The fourth-order valence-electron chi connectivity index (χ4n) is 1.28. The minimum absolute atomic E-state index is 0.911. The fourth-order valence-corrected chi connectivity index (χ4v) is 2.49. The van der Waals surface area contributed by atoms with E-state index in [9.17, 15) is 0 Å². The lowest BCUT2D eigenvalue weighted by molar-refractivity contribution is 0.686. The maximum atomic E-state index is 4.41. The Morgan fingerprint density at radius 3 is 3.00 bits per heavy atom. The Hall–Kier alpha value is -0.780. The largest absolute Gasteiger partial charge is 0.311 e. The first-order chi connectivity index (χ1) is 7.34. The van der Waals surface area contributed by atoms with Gasteiger partial charge in [0.15, 0.2) is 0 Å². The van der Waals surface area contributed by atoms with E-state index in [0.717, 1.165) is 24.5 Å². The average Bonchev–Trinajstić information content (AvgIpc) is 2.84. The first-order valence-corrected chi connectivity index (χ1v) is 6.59. The molecule has 2 aromatic rings. The van der Waals surface area contributed by atoms with Crippen LogP contribution in [0.25, 0.3) is 0 Å². The third-order valence-electron chi connectivity index (χ3n) is 2.01. The topological polar surface area (TPSA) is 37.8 Å². The smallest absolute Gasteiger partial charge is 0.0897 e. The Kier molecular flexibility index (Phi) is 3.82. The molecular formula is C10H13N3S2. The summed E-state index contributed by atoms with van der Waals surface area (Å²) in [5.74, 6) is 0. The summed E-state index contributed by atoms with van der Waals surface area (Å²) in [7, 11) is 0. The van der Waals surface area contributed by atoms with E-state index in [4.69, 9.17) is 0 Å². The van der Waals surface area contributed by atoms with Gasteiger partial charge in [0.05, 0.1) is 16.2 Å². The molecule has 2 aromatic heterocycles. The van der Waals surface area contributed by atoms with Crippen molar-refractivity contribution in [3.8, 4) is 0 Å². The van der Waals surface area contributed by atoms with Crippen LogP contribution in [0, 0.1) is 6.92 Å². The van der Waals surface area contributed by atoms with Gasteiger partial charge in [0.25, 0.3) is 0 Å². The zero-order valence-corrected chi connectivity index (χ0v) is 10.2. The Morgan fingerprint density at radius 2 is 2.33 bits per heavy atom. The molecule has 1 N–H and O–H groups in total. The molecule has 2 rings (SSSR count). The van der Waals surface area contributed by atoms with Crippen molar-refractivity contribution in [2.45, 2.75) is 19.9 Å². The van der Waals surface area contributed by atoms with Gasteiger partial charge in [-0.15, -0.1) is 22.7 Å². The molecule has 0 fully saturated rings. The van der Waals surface area contributed by atoms with Gasteiger partial charge < -0.3 is 5.32 Å². The van der Waals surface area contributed by atoms with Gasteiger partial charge in [0.1, 0.15) is 0 Å². The van der Waals surface area contributed by atoms with E-state index in [1.54, 1.807) is 22.7 Å². The van der Waals surface area contributed by atoms with Gasteiger partial charge in [-0.1, -0.05) is 0 Å². The van der Waals surface area contributed by atoms with Crippen LogP contribution in [0.4, 0.5) is 0 Å². The number of aromatic nitrogens is 2. The van der Waals surface area contributed by atoms with E-state index in [1.807, 2.05) is 18.6 Å². The zero-order chi connectivity index (χ0) is 10.5. The van der Waals surface area contributed by atoms with Gasteiger partial charge in [-0.05, 0) is 6.92 Å². The summed E-state index contributed by atoms with van der Waals surface area (Å²) in [5, 5.41) is 6.66. The molecule has 0 aliphatic carbocycles. The van der Waals surface area contributed by atoms with E-state index >= 15 is 0 Å². The van der Waals surface area contributed by atoms with Crippen LogP contribution in [0.5, 0.6) is 0 Å². The predicted molar refractivity (Wildman–Crippen MR) is 64.4 cm³/mol. The Bertz CT molecular complexity index is 394. The van der Waals surface area contributed by atoms with E-state index in [0.29, 0.717) is 0 Å². The molecule has 3 nitrogen and oxygen atoms in total. The van der Waals surface area contributed by atoms with E-state index in [2.05, 4.69) is 20.7 Å². The van der Waals surface area contributed by atoms with Crippen LogP contribution in [0.1, 0.15) is 15.6 Å². The van der Waals surface area contributed by atoms with Crippen molar-refractivity contribution in [1.29, 1.82) is 0 Å². The van der Waals surface area contributed by atoms with Gasteiger partial charge in [-0.3, -0.25) is 4.98 Å². The second-order valence-corrected chi connectivity index (χ2v) is 5.29. The van der Waals surface area contributed by atoms with Gasteiger partial charge in [-0.2, -0.15) is 0 Å². The molecule has 0 aliphatic rings. The molecule has 0 bridgehead atoms. The lowest BCUT2D eigenvalue weighted by Gasteiger charge is -2.00. The quantitative estimate of drug-likeness (QED) is 0.813. The molecule has 0 amide bonds. The molecule has 0 spiro atoms. The lowest BCUT2D eigenvalue weighted by Crippen LogP contribution is -2.16. The van der Waals surface area contributed by atoms with Crippen molar-refractivity contribution in [3.63, 3.8) is 0 Å². The van der Waals surface area contributed by atoms with E-state index < -0.39 is 0 Å². The molecule has 0 aliphatic heterocycles. The van der Waals surface area contributed by atoms with Gasteiger partial charge in [0.2, 0.25) is 0 Å². The summed E-state index contributed by atoms with van der Waals surface area (Å²) in [4.78, 5) is 9.73. The summed E-state index contributed by atoms with van der Waals surface area (Å²) in [6, 6.07) is 0. The maximum Gasteiger partial charge on any atom is 0.0897 e. The average molecular weight is 239 g/mol. The number of nitrogens with one attached hydrogen (secondary N) is 1. The number of nitrogens with zero attached hydrogens (tertiary/aromatic N) is 2. The summed E-state index contributed by atoms with van der Waals surface area (Å²) in [5.41, 5.74) is 3.05. The molecule has 2 heterocycles. The van der Waals surface area contributed by atoms with Crippen molar-refractivity contribution in [2.24, 2.45) is 0 Å². The second-order valence-electron chi connectivity index (χ2n) is 3.25. The third kappa shape index (κ3) is 3.37. The van der Waals surface area contributed by atoms with Crippen LogP contribution in [0.15, 0.2) is 17.1 Å². The maximum absolute atomic E-state index is 4.41. The number of hydrogen-bond acceptors (Lipinski definition) is 5. The van der Waals surface area contributed by atoms with Crippen LogP contribution in [-0.4, -0.2) is 16.5 Å². The van der Waals surface area contributed by atoms with Crippen LogP contribution >= 0.6 is 22.7 Å². The molecular weight excluding hydrogens is 226 g/mol. The van der Waals surface area contributed by atoms with Gasteiger partial charge >= 0.3 is 0 Å². The van der Waals surface area contributed by atoms with Crippen molar-refractivity contribution in [3.05, 3.63) is 32.7 Å². The molecule has 0 unspecified atom stereocenters. The number of thiazole rings is 2. The highest BCUT2D eigenvalue weighted by molar-refractivity contribution is 7.09. The zero-order valence-electron chi connectivity index (χ0n) is 8.56. The number of rotatable bonds is 5. The highest BCUT2D eigenvalue weighted by Gasteiger charge is 1.98. The summed E-state index contributed by atoms with van der Waals surface area (Å²) in [6.45, 7) is 3.92. The monoisotopic (exact) mass is 239 g/mol. The predicted octanol–water partition coefficient (Wildman–Crippen LogP) is 2.24. The minimum atomic E-state index is 0.911. The van der Waals surface area contributed by atoms with Crippen molar-refractivity contribution >= 4 is 22.7 Å². The van der Waals surface area contributed by atoms with Crippen molar-refractivity contribution in [2.75, 3.05) is 6.54 Å². The van der Waals surface area contributed by atoms with E-state index in [-0.39, 0.29) is 0 Å². The SMILES string of the molecule is Cc1nc(CCNCc2cncs2)cs1. The fraction of sp³-hybridized carbons (Fsp3) is 0.400. The lowest BCUT2D eigenvalue weighted by atomic mass is 10.3. The molecule has 0 radical (unpaired) electrons.